The maximum atomic E-state index is 12.2. The summed E-state index contributed by atoms with van der Waals surface area (Å²) < 4.78 is 5.37. The van der Waals surface area contributed by atoms with Gasteiger partial charge in [-0.1, -0.05) is 35.3 Å². The zero-order chi connectivity index (χ0) is 24.6. The van der Waals surface area contributed by atoms with E-state index in [1.807, 2.05) is 32.6 Å². The van der Waals surface area contributed by atoms with E-state index in [2.05, 4.69) is 15.3 Å². The Balaban J connectivity index is 1.84. The van der Waals surface area contributed by atoms with Gasteiger partial charge < -0.3 is 20.1 Å². The van der Waals surface area contributed by atoms with Crippen molar-refractivity contribution in [3.63, 3.8) is 0 Å². The van der Waals surface area contributed by atoms with Crippen molar-refractivity contribution in [3.05, 3.63) is 39.6 Å². The van der Waals surface area contributed by atoms with Crippen LogP contribution in [0.5, 0.6) is 0 Å². The van der Waals surface area contributed by atoms with Crippen LogP contribution in [0.3, 0.4) is 0 Å². The summed E-state index contributed by atoms with van der Waals surface area (Å²) in [5, 5.41) is 13.4. The van der Waals surface area contributed by atoms with E-state index < -0.39 is 23.2 Å². The number of carbonyl (C=O) groups excluding carboxylic acids is 1. The number of aromatic carboxylic acids is 1. The van der Waals surface area contributed by atoms with Crippen molar-refractivity contribution >= 4 is 41.2 Å². The minimum absolute atomic E-state index is 0.137. The molecular weight excluding hydrogens is 467 g/mol. The number of benzene rings is 1. The smallest absolute Gasteiger partial charge is 0.408 e. The van der Waals surface area contributed by atoms with Gasteiger partial charge in [0.25, 0.3) is 0 Å². The lowest BCUT2D eigenvalue weighted by molar-refractivity contribution is 0.0447. The maximum absolute atomic E-state index is 12.2. The highest BCUT2D eigenvalue weighted by Gasteiger charge is 2.34. The first-order chi connectivity index (χ1) is 15.3. The van der Waals surface area contributed by atoms with Gasteiger partial charge in [0.1, 0.15) is 5.60 Å². The van der Waals surface area contributed by atoms with E-state index in [4.69, 9.17) is 27.9 Å². The second kappa shape index (κ2) is 9.35. The van der Waals surface area contributed by atoms with Crippen molar-refractivity contribution < 1.29 is 19.4 Å². The standard InChI is InChI=1S/C23H28Cl2N4O4/c1-13-16(14-7-6-8-15(24)17(14)25)18(19(30)31)27-20(26-13)29-11-9-23(5,10-12-29)28-21(32)33-22(2,3)4/h6-8H,9-12H2,1-5H3,(H,28,32)(H,30,31). The number of aryl methyl sites for hydroxylation is 1. The highest BCUT2D eigenvalue weighted by Crippen LogP contribution is 2.37. The predicted octanol–water partition coefficient (Wildman–Crippen LogP) is 5.34. The molecule has 1 amide bonds. The average Bonchev–Trinajstić information content (AvgIpc) is 2.68. The monoisotopic (exact) mass is 494 g/mol. The minimum Gasteiger partial charge on any atom is -0.476 e. The maximum Gasteiger partial charge on any atom is 0.408 e. The predicted molar refractivity (Wildman–Crippen MR) is 128 cm³/mol. The van der Waals surface area contributed by atoms with Crippen molar-refractivity contribution in [2.75, 3.05) is 18.0 Å². The molecule has 33 heavy (non-hydrogen) atoms. The third-order valence-corrected chi connectivity index (χ3v) is 6.27. The SMILES string of the molecule is Cc1nc(N2CCC(C)(NC(=O)OC(C)(C)C)CC2)nc(C(=O)O)c1-c1cccc(Cl)c1Cl. The first-order valence-electron chi connectivity index (χ1n) is 10.6. The Hall–Kier alpha value is -2.58. The summed E-state index contributed by atoms with van der Waals surface area (Å²) >= 11 is 12.5. The molecule has 2 N–H and O–H groups in total. The van der Waals surface area contributed by atoms with Gasteiger partial charge in [0, 0.05) is 29.8 Å². The number of ether oxygens (including phenoxy) is 1. The van der Waals surface area contributed by atoms with Crippen LogP contribution in [0, 0.1) is 6.92 Å². The molecule has 0 saturated carbocycles. The molecule has 0 atom stereocenters. The van der Waals surface area contributed by atoms with Crippen molar-refractivity contribution in [2.24, 2.45) is 0 Å². The van der Waals surface area contributed by atoms with Gasteiger partial charge in [-0.25, -0.2) is 19.6 Å². The van der Waals surface area contributed by atoms with Crippen LogP contribution >= 0.6 is 23.2 Å². The van der Waals surface area contributed by atoms with E-state index >= 15 is 0 Å². The van der Waals surface area contributed by atoms with Crippen molar-refractivity contribution in [1.29, 1.82) is 0 Å². The van der Waals surface area contributed by atoms with Crippen LogP contribution < -0.4 is 10.2 Å². The molecule has 3 rings (SSSR count). The second-order valence-electron chi connectivity index (χ2n) is 9.41. The summed E-state index contributed by atoms with van der Waals surface area (Å²) in [6, 6.07) is 5.03. The van der Waals surface area contributed by atoms with Crippen LogP contribution in [0.1, 0.15) is 56.7 Å². The van der Waals surface area contributed by atoms with Gasteiger partial charge in [-0.2, -0.15) is 0 Å². The zero-order valence-electron chi connectivity index (χ0n) is 19.3. The van der Waals surface area contributed by atoms with E-state index in [0.29, 0.717) is 53.7 Å². The molecule has 0 aliphatic carbocycles. The number of nitrogens with zero attached hydrogens (tertiary/aromatic N) is 3. The molecule has 0 bridgehead atoms. The third-order valence-electron chi connectivity index (χ3n) is 5.45. The quantitative estimate of drug-likeness (QED) is 0.590. The second-order valence-corrected chi connectivity index (χ2v) is 10.2. The van der Waals surface area contributed by atoms with Gasteiger partial charge in [-0.05, 0) is 53.5 Å². The molecule has 1 saturated heterocycles. The Morgan fingerprint density at radius 3 is 2.39 bits per heavy atom. The van der Waals surface area contributed by atoms with Crippen molar-refractivity contribution in [2.45, 2.75) is 58.6 Å². The molecule has 178 valence electrons. The van der Waals surface area contributed by atoms with Gasteiger partial charge in [0.05, 0.1) is 15.7 Å². The van der Waals surface area contributed by atoms with E-state index in [1.165, 1.54) is 0 Å². The average molecular weight is 495 g/mol. The summed E-state index contributed by atoms with van der Waals surface area (Å²) in [4.78, 5) is 35.1. The zero-order valence-corrected chi connectivity index (χ0v) is 20.8. The normalized spacial score (nSPS) is 15.8. The summed E-state index contributed by atoms with van der Waals surface area (Å²) in [6.45, 7) is 10.2. The fourth-order valence-corrected chi connectivity index (χ4v) is 4.14. The number of anilines is 1. The summed E-state index contributed by atoms with van der Waals surface area (Å²) in [6.07, 6.45) is 0.791. The molecule has 2 heterocycles. The van der Waals surface area contributed by atoms with Crippen LogP contribution in [-0.4, -0.2) is 51.4 Å². The molecule has 1 aromatic heterocycles. The number of carboxylic acids is 1. The Morgan fingerprint density at radius 1 is 1.18 bits per heavy atom. The Bertz CT molecular complexity index is 1080. The number of halogens is 2. The molecule has 1 aliphatic heterocycles. The van der Waals surface area contributed by atoms with E-state index in [0.717, 1.165) is 0 Å². The highest BCUT2D eigenvalue weighted by atomic mass is 35.5. The van der Waals surface area contributed by atoms with Gasteiger partial charge in [0.15, 0.2) is 5.69 Å². The Kier molecular flexibility index (Phi) is 7.10. The van der Waals surface area contributed by atoms with Crippen LogP contribution in [0.15, 0.2) is 18.2 Å². The first-order valence-corrected chi connectivity index (χ1v) is 11.4. The molecule has 1 fully saturated rings. The molecule has 10 heteroatoms. The minimum atomic E-state index is -1.18. The fourth-order valence-electron chi connectivity index (χ4n) is 3.75. The molecule has 8 nitrogen and oxygen atoms in total. The first kappa shape index (κ1) is 25.1. The number of hydrogen-bond donors (Lipinski definition) is 2. The van der Waals surface area contributed by atoms with E-state index in [1.54, 1.807) is 25.1 Å². The lowest BCUT2D eigenvalue weighted by atomic mass is 9.90. The molecule has 0 radical (unpaired) electrons. The number of nitrogens with one attached hydrogen (secondary N) is 1. The molecule has 2 aromatic rings. The number of carboxylic acid groups (broad SMARTS) is 1. The molecule has 0 spiro atoms. The van der Waals surface area contributed by atoms with Crippen LogP contribution in [0.2, 0.25) is 10.0 Å². The van der Waals surface area contributed by atoms with E-state index in [-0.39, 0.29) is 10.7 Å². The number of hydrogen-bond acceptors (Lipinski definition) is 6. The summed E-state index contributed by atoms with van der Waals surface area (Å²) in [5.74, 6) is -0.854. The lowest BCUT2D eigenvalue weighted by Gasteiger charge is -2.40. The number of carbonyl (C=O) groups is 2. The van der Waals surface area contributed by atoms with Gasteiger partial charge in [-0.15, -0.1) is 0 Å². The Labute approximate surface area is 203 Å². The lowest BCUT2D eigenvalue weighted by Crippen LogP contribution is -2.54. The molecular formula is C23H28Cl2N4O4. The van der Waals surface area contributed by atoms with Crippen molar-refractivity contribution in [1.82, 2.24) is 15.3 Å². The van der Waals surface area contributed by atoms with Crippen LogP contribution in [0.4, 0.5) is 10.7 Å². The third kappa shape index (κ3) is 5.86. The number of rotatable bonds is 4. The molecule has 0 unspecified atom stereocenters. The molecule has 1 aromatic carbocycles. The topological polar surface area (TPSA) is 105 Å². The highest BCUT2D eigenvalue weighted by molar-refractivity contribution is 6.43. The molecule has 1 aliphatic rings. The number of alkyl carbamates (subject to hydrolysis) is 1. The van der Waals surface area contributed by atoms with Crippen molar-refractivity contribution in [3.8, 4) is 11.1 Å². The van der Waals surface area contributed by atoms with Gasteiger partial charge in [0.2, 0.25) is 5.95 Å². The number of aromatic nitrogens is 2. The largest absolute Gasteiger partial charge is 0.476 e. The van der Waals surface area contributed by atoms with E-state index in [9.17, 15) is 14.7 Å². The van der Waals surface area contributed by atoms with Crippen LogP contribution in [0.25, 0.3) is 11.1 Å². The van der Waals surface area contributed by atoms with Crippen LogP contribution in [-0.2, 0) is 4.74 Å². The van der Waals surface area contributed by atoms with Gasteiger partial charge >= 0.3 is 12.1 Å². The summed E-state index contributed by atoms with van der Waals surface area (Å²) in [7, 11) is 0. The fraction of sp³-hybridized carbons (Fsp3) is 0.478. The summed E-state index contributed by atoms with van der Waals surface area (Å²) in [5.41, 5.74) is 0.139. The number of piperidine rings is 1. The Morgan fingerprint density at radius 2 is 1.82 bits per heavy atom. The number of amides is 1. The van der Waals surface area contributed by atoms with Gasteiger partial charge in [-0.3, -0.25) is 0 Å².